The van der Waals surface area contributed by atoms with Crippen LogP contribution in [0.3, 0.4) is 0 Å². The molecule has 0 bridgehead atoms. The lowest BCUT2D eigenvalue weighted by molar-refractivity contribution is -0.153. The molecule has 0 aliphatic heterocycles. The van der Waals surface area contributed by atoms with Gasteiger partial charge in [-0.25, -0.2) is 4.98 Å². The van der Waals surface area contributed by atoms with Crippen LogP contribution in [0.4, 0.5) is 0 Å². The molecule has 0 spiro atoms. The van der Waals surface area contributed by atoms with E-state index in [1.165, 1.54) is 7.11 Å². The van der Waals surface area contributed by atoms with Crippen molar-refractivity contribution in [2.75, 3.05) is 13.7 Å². The van der Waals surface area contributed by atoms with Gasteiger partial charge in [0.15, 0.2) is 0 Å². The first-order valence-corrected chi connectivity index (χ1v) is 6.28. The van der Waals surface area contributed by atoms with Gasteiger partial charge in [-0.15, -0.1) is 11.3 Å². The van der Waals surface area contributed by atoms with Crippen molar-refractivity contribution >= 4 is 17.3 Å². The molecule has 2 rings (SSSR count). The minimum absolute atomic E-state index is 0.187. The van der Waals surface area contributed by atoms with E-state index in [2.05, 4.69) is 4.98 Å². The molecule has 0 saturated heterocycles. The maximum absolute atomic E-state index is 11.9. The van der Waals surface area contributed by atoms with E-state index in [1.54, 1.807) is 17.5 Å². The second-order valence-corrected chi connectivity index (χ2v) is 5.21. The first kappa shape index (κ1) is 11.5. The van der Waals surface area contributed by atoms with Gasteiger partial charge in [-0.05, 0) is 18.8 Å². The zero-order chi connectivity index (χ0) is 11.6. The number of esters is 1. The van der Waals surface area contributed by atoms with Gasteiger partial charge in [0.25, 0.3) is 0 Å². The van der Waals surface area contributed by atoms with Crippen LogP contribution in [0.1, 0.15) is 17.8 Å². The van der Waals surface area contributed by atoms with Crippen LogP contribution in [0.15, 0.2) is 11.6 Å². The number of hydrogen-bond acceptors (Lipinski definition) is 5. The molecule has 1 saturated carbocycles. The van der Waals surface area contributed by atoms with E-state index >= 15 is 0 Å². The minimum atomic E-state index is -0.549. The molecule has 1 unspecified atom stereocenters. The van der Waals surface area contributed by atoms with Crippen LogP contribution in [-0.4, -0.2) is 24.6 Å². The summed E-state index contributed by atoms with van der Waals surface area (Å²) in [4.78, 5) is 16.2. The fourth-order valence-corrected chi connectivity index (χ4v) is 2.90. The highest BCUT2D eigenvalue weighted by atomic mass is 32.1. The number of thiazole rings is 1. The zero-order valence-corrected chi connectivity index (χ0v) is 10.1. The van der Waals surface area contributed by atoms with Crippen molar-refractivity contribution in [2.24, 2.45) is 17.1 Å². The van der Waals surface area contributed by atoms with E-state index < -0.39 is 5.41 Å². The van der Waals surface area contributed by atoms with Gasteiger partial charge >= 0.3 is 5.97 Å². The normalized spacial score (nSPS) is 19.1. The molecule has 16 heavy (non-hydrogen) atoms. The molecule has 2 N–H and O–H groups in total. The Morgan fingerprint density at radius 3 is 2.94 bits per heavy atom. The standard InChI is InChI=1S/C11H16N2O2S/c1-15-10(14)11(7-12,8-2-3-8)6-9-13-4-5-16-9/h4-5,8H,2-3,6-7,12H2,1H3. The fraction of sp³-hybridized carbons (Fsp3) is 0.636. The largest absolute Gasteiger partial charge is 0.469 e. The van der Waals surface area contributed by atoms with E-state index in [0.29, 0.717) is 18.9 Å². The summed E-state index contributed by atoms with van der Waals surface area (Å²) >= 11 is 1.56. The molecule has 1 aliphatic rings. The van der Waals surface area contributed by atoms with Crippen LogP contribution in [0, 0.1) is 11.3 Å². The van der Waals surface area contributed by atoms with Crippen LogP contribution in [0.5, 0.6) is 0 Å². The predicted octanol–water partition coefficient (Wildman–Crippen LogP) is 1.21. The minimum Gasteiger partial charge on any atom is -0.469 e. The van der Waals surface area contributed by atoms with Gasteiger partial charge in [0.1, 0.15) is 0 Å². The van der Waals surface area contributed by atoms with Gasteiger partial charge in [0, 0.05) is 24.5 Å². The van der Waals surface area contributed by atoms with Gasteiger partial charge in [0.2, 0.25) is 0 Å². The molecule has 1 heterocycles. The number of rotatable bonds is 5. The van der Waals surface area contributed by atoms with Crippen molar-refractivity contribution in [3.05, 3.63) is 16.6 Å². The number of methoxy groups -OCH3 is 1. The van der Waals surface area contributed by atoms with E-state index in [1.807, 2.05) is 5.38 Å². The van der Waals surface area contributed by atoms with Crippen LogP contribution < -0.4 is 5.73 Å². The van der Waals surface area contributed by atoms with Gasteiger partial charge in [-0.2, -0.15) is 0 Å². The number of hydrogen-bond donors (Lipinski definition) is 1. The summed E-state index contributed by atoms with van der Waals surface area (Å²) in [5.41, 5.74) is 5.27. The van der Waals surface area contributed by atoms with Gasteiger partial charge in [0.05, 0.1) is 17.5 Å². The van der Waals surface area contributed by atoms with Crippen molar-refractivity contribution in [1.29, 1.82) is 0 Å². The lowest BCUT2D eigenvalue weighted by Gasteiger charge is -2.28. The van der Waals surface area contributed by atoms with Crippen LogP contribution in [0.25, 0.3) is 0 Å². The topological polar surface area (TPSA) is 65.2 Å². The van der Waals surface area contributed by atoms with Gasteiger partial charge in [-0.3, -0.25) is 4.79 Å². The smallest absolute Gasteiger partial charge is 0.313 e. The number of nitrogens with two attached hydrogens (primary N) is 1. The molecule has 1 atom stereocenters. The molecule has 1 aromatic heterocycles. The SMILES string of the molecule is COC(=O)C(CN)(Cc1nccs1)C1CC1. The van der Waals surface area contributed by atoms with Gasteiger partial charge < -0.3 is 10.5 Å². The quantitative estimate of drug-likeness (QED) is 0.786. The highest BCUT2D eigenvalue weighted by molar-refractivity contribution is 7.09. The highest BCUT2D eigenvalue weighted by Crippen LogP contribution is 2.48. The molecule has 5 heteroatoms. The number of carbonyl (C=O) groups excluding carboxylic acids is 1. The fourth-order valence-electron chi connectivity index (χ4n) is 2.15. The Bertz CT molecular complexity index is 362. The second-order valence-electron chi connectivity index (χ2n) is 4.23. The predicted molar refractivity (Wildman–Crippen MR) is 62.0 cm³/mol. The van der Waals surface area contributed by atoms with Crippen molar-refractivity contribution in [3.8, 4) is 0 Å². The first-order chi connectivity index (χ1) is 7.73. The summed E-state index contributed by atoms with van der Waals surface area (Å²) in [5.74, 6) is 0.182. The Labute approximate surface area is 98.8 Å². The summed E-state index contributed by atoms with van der Waals surface area (Å²) in [6, 6.07) is 0. The van der Waals surface area contributed by atoms with Crippen molar-refractivity contribution in [1.82, 2.24) is 4.98 Å². The van der Waals surface area contributed by atoms with Gasteiger partial charge in [-0.1, -0.05) is 0 Å². The average Bonchev–Trinajstić information content (AvgIpc) is 3.04. The molecule has 1 aromatic rings. The number of ether oxygens (including phenoxy) is 1. The molecule has 0 radical (unpaired) electrons. The third-order valence-corrected chi connectivity index (χ3v) is 4.04. The number of carbonyl (C=O) groups is 1. The Balaban J connectivity index is 2.22. The molecule has 0 aromatic carbocycles. The Morgan fingerprint density at radius 1 is 1.75 bits per heavy atom. The van der Waals surface area contributed by atoms with Crippen molar-refractivity contribution < 1.29 is 9.53 Å². The van der Waals surface area contributed by atoms with Crippen LogP contribution in [0.2, 0.25) is 0 Å². The molecule has 1 fully saturated rings. The zero-order valence-electron chi connectivity index (χ0n) is 9.31. The maximum atomic E-state index is 11.9. The summed E-state index contributed by atoms with van der Waals surface area (Å²) in [5, 5.41) is 2.88. The molecular weight excluding hydrogens is 224 g/mol. The number of nitrogens with zero attached hydrogens (tertiary/aromatic N) is 1. The van der Waals surface area contributed by atoms with E-state index in [-0.39, 0.29) is 5.97 Å². The molecule has 88 valence electrons. The summed E-state index contributed by atoms with van der Waals surface area (Å²) < 4.78 is 4.91. The third-order valence-electron chi connectivity index (χ3n) is 3.27. The second kappa shape index (κ2) is 4.51. The van der Waals surface area contributed by atoms with E-state index in [9.17, 15) is 4.79 Å². The average molecular weight is 240 g/mol. The highest BCUT2D eigenvalue weighted by Gasteiger charge is 2.51. The Morgan fingerprint density at radius 2 is 2.50 bits per heavy atom. The van der Waals surface area contributed by atoms with E-state index in [4.69, 9.17) is 10.5 Å². The first-order valence-electron chi connectivity index (χ1n) is 5.40. The molecular formula is C11H16N2O2S. The monoisotopic (exact) mass is 240 g/mol. The van der Waals surface area contributed by atoms with E-state index in [0.717, 1.165) is 17.8 Å². The Kier molecular flexibility index (Phi) is 3.25. The summed E-state index contributed by atoms with van der Waals surface area (Å²) in [6.07, 6.45) is 4.50. The maximum Gasteiger partial charge on any atom is 0.313 e. The summed E-state index contributed by atoms with van der Waals surface area (Å²) in [7, 11) is 1.43. The van der Waals surface area contributed by atoms with Crippen LogP contribution in [-0.2, 0) is 16.0 Å². The van der Waals surface area contributed by atoms with Crippen LogP contribution >= 0.6 is 11.3 Å². The third kappa shape index (κ3) is 1.97. The Hall–Kier alpha value is -0.940. The molecule has 1 aliphatic carbocycles. The lowest BCUT2D eigenvalue weighted by Crippen LogP contribution is -2.43. The number of aromatic nitrogens is 1. The van der Waals surface area contributed by atoms with Crippen molar-refractivity contribution in [3.63, 3.8) is 0 Å². The lowest BCUT2D eigenvalue weighted by atomic mass is 9.79. The van der Waals surface area contributed by atoms with Crippen molar-refractivity contribution in [2.45, 2.75) is 19.3 Å². The summed E-state index contributed by atoms with van der Waals surface area (Å²) in [6.45, 7) is 0.337. The molecule has 4 nitrogen and oxygen atoms in total. The molecule has 0 amide bonds.